The Hall–Kier alpha value is -1.14. The summed E-state index contributed by atoms with van der Waals surface area (Å²) < 4.78 is 38.4. The molecule has 1 aromatic rings. The minimum Gasteiger partial charge on any atom is -0.326 e. The Balaban J connectivity index is 3.12. The summed E-state index contributed by atoms with van der Waals surface area (Å²) >= 11 is 0. The monoisotopic (exact) mass is 289 g/mol. The molecule has 0 saturated carbocycles. The molecule has 0 fully saturated rings. The quantitative estimate of drug-likeness (QED) is 0.875. The zero-order chi connectivity index (χ0) is 15.3. The third-order valence-electron chi connectivity index (χ3n) is 3.25. The topological polar surface area (TPSA) is 42.1 Å². The molecule has 0 aliphatic carbocycles. The zero-order valence-electron chi connectivity index (χ0n) is 12.1. The van der Waals surface area contributed by atoms with Gasteiger partial charge in [-0.2, -0.15) is 13.2 Å². The average molecular weight is 289 g/mol. The summed E-state index contributed by atoms with van der Waals surface area (Å²) in [6, 6.07) is 4.02. The zero-order valence-corrected chi connectivity index (χ0v) is 12.1. The normalized spacial score (nSPS) is 15.7. The minimum absolute atomic E-state index is 0.277. The number of nitrogens with two attached hydrogens (primary N) is 1. The lowest BCUT2D eigenvalue weighted by molar-refractivity contribution is -0.157. The molecule has 2 atom stereocenters. The van der Waals surface area contributed by atoms with Gasteiger partial charge in [0, 0.05) is 18.3 Å². The van der Waals surface area contributed by atoms with Crippen molar-refractivity contribution in [3.8, 4) is 0 Å². The van der Waals surface area contributed by atoms with Gasteiger partial charge in [0.15, 0.2) is 0 Å². The summed E-state index contributed by atoms with van der Waals surface area (Å²) in [5, 5.41) is 0. The summed E-state index contributed by atoms with van der Waals surface area (Å²) in [4.78, 5) is 5.56. The van der Waals surface area contributed by atoms with Crippen LogP contribution in [0.4, 0.5) is 13.2 Å². The van der Waals surface area contributed by atoms with E-state index in [1.807, 2.05) is 6.92 Å². The molecule has 0 bridgehead atoms. The highest BCUT2D eigenvalue weighted by molar-refractivity contribution is 5.12. The Labute approximate surface area is 118 Å². The molecule has 0 aliphatic heterocycles. The first-order valence-electron chi connectivity index (χ1n) is 6.75. The number of rotatable bonds is 6. The lowest BCUT2D eigenvalue weighted by Gasteiger charge is -2.38. The van der Waals surface area contributed by atoms with Crippen molar-refractivity contribution in [2.24, 2.45) is 5.73 Å². The Bertz CT molecular complexity index is 392. The van der Waals surface area contributed by atoms with E-state index in [4.69, 9.17) is 5.73 Å². The van der Waals surface area contributed by atoms with Gasteiger partial charge in [-0.05, 0) is 32.4 Å². The lowest BCUT2D eigenvalue weighted by Crippen LogP contribution is -2.48. The van der Waals surface area contributed by atoms with E-state index in [-0.39, 0.29) is 6.04 Å². The van der Waals surface area contributed by atoms with Crippen LogP contribution < -0.4 is 5.73 Å². The van der Waals surface area contributed by atoms with Crippen molar-refractivity contribution in [1.29, 1.82) is 0 Å². The van der Waals surface area contributed by atoms with E-state index in [1.54, 1.807) is 38.2 Å². The fraction of sp³-hybridized carbons (Fsp3) is 0.643. The molecule has 0 aromatic carbocycles. The van der Waals surface area contributed by atoms with E-state index >= 15 is 0 Å². The Morgan fingerprint density at radius 2 is 1.95 bits per heavy atom. The predicted molar refractivity (Wildman–Crippen MR) is 73.1 cm³/mol. The van der Waals surface area contributed by atoms with Gasteiger partial charge in [-0.1, -0.05) is 13.0 Å². The van der Waals surface area contributed by atoms with Crippen LogP contribution in [-0.4, -0.2) is 34.7 Å². The van der Waals surface area contributed by atoms with Crippen LogP contribution in [0.25, 0.3) is 0 Å². The summed E-state index contributed by atoms with van der Waals surface area (Å²) in [5.41, 5.74) is 6.64. The van der Waals surface area contributed by atoms with Gasteiger partial charge in [0.05, 0.1) is 18.3 Å². The molecule has 0 aliphatic rings. The number of halogens is 3. The third kappa shape index (κ3) is 4.76. The molecule has 3 nitrogen and oxygen atoms in total. The number of aromatic nitrogens is 1. The van der Waals surface area contributed by atoms with Crippen LogP contribution in [0, 0.1) is 0 Å². The molecule has 20 heavy (non-hydrogen) atoms. The lowest BCUT2D eigenvalue weighted by atomic mass is 9.99. The Morgan fingerprint density at radius 3 is 2.35 bits per heavy atom. The van der Waals surface area contributed by atoms with Crippen molar-refractivity contribution >= 4 is 0 Å². The van der Waals surface area contributed by atoms with Gasteiger partial charge in [0.2, 0.25) is 0 Å². The average Bonchev–Trinajstić information content (AvgIpc) is 2.37. The molecule has 2 unspecified atom stereocenters. The van der Waals surface area contributed by atoms with E-state index < -0.39 is 24.8 Å². The predicted octanol–water partition coefficient (Wildman–Crippen LogP) is 3.13. The van der Waals surface area contributed by atoms with Gasteiger partial charge in [0.1, 0.15) is 0 Å². The van der Waals surface area contributed by atoms with Crippen LogP contribution in [0.2, 0.25) is 0 Å². The van der Waals surface area contributed by atoms with Crippen molar-refractivity contribution in [2.75, 3.05) is 6.54 Å². The molecule has 114 valence electrons. The second-order valence-corrected chi connectivity index (χ2v) is 5.15. The van der Waals surface area contributed by atoms with Gasteiger partial charge in [0.25, 0.3) is 0 Å². The van der Waals surface area contributed by atoms with Gasteiger partial charge >= 0.3 is 6.18 Å². The fourth-order valence-electron chi connectivity index (χ4n) is 2.22. The largest absolute Gasteiger partial charge is 0.401 e. The second kappa shape index (κ2) is 7.04. The first-order chi connectivity index (χ1) is 9.26. The SMILES string of the molecule is CCC(N)C(c1ccccn1)N(CC(F)(F)F)C(C)C. The number of alkyl halides is 3. The first-order valence-corrected chi connectivity index (χ1v) is 6.75. The van der Waals surface area contributed by atoms with Crippen LogP contribution in [0.15, 0.2) is 24.4 Å². The van der Waals surface area contributed by atoms with E-state index in [2.05, 4.69) is 4.98 Å². The standard InChI is InChI=1S/C14H22F3N3/c1-4-11(18)13(12-7-5-6-8-19-12)20(10(2)3)9-14(15,16)17/h5-8,10-11,13H,4,9,18H2,1-3H3. The van der Waals surface area contributed by atoms with Gasteiger partial charge in [-0.25, -0.2) is 0 Å². The molecular formula is C14H22F3N3. The molecule has 6 heteroatoms. The van der Waals surface area contributed by atoms with Crippen LogP contribution in [-0.2, 0) is 0 Å². The molecule has 0 amide bonds. The fourth-order valence-corrected chi connectivity index (χ4v) is 2.22. The second-order valence-electron chi connectivity index (χ2n) is 5.15. The summed E-state index contributed by atoms with van der Waals surface area (Å²) in [6.07, 6.45) is -2.09. The van der Waals surface area contributed by atoms with Gasteiger partial charge in [-0.3, -0.25) is 9.88 Å². The molecule has 0 saturated heterocycles. The highest BCUT2D eigenvalue weighted by Crippen LogP contribution is 2.29. The highest BCUT2D eigenvalue weighted by Gasteiger charge is 2.37. The maximum absolute atomic E-state index is 12.8. The molecular weight excluding hydrogens is 267 g/mol. The number of pyridine rings is 1. The van der Waals surface area contributed by atoms with Gasteiger partial charge in [-0.15, -0.1) is 0 Å². The maximum atomic E-state index is 12.8. The molecule has 2 N–H and O–H groups in total. The van der Waals surface area contributed by atoms with Crippen molar-refractivity contribution < 1.29 is 13.2 Å². The molecule has 1 aromatic heterocycles. The molecule has 0 radical (unpaired) electrons. The summed E-state index contributed by atoms with van der Waals surface area (Å²) in [6.45, 7) is 4.36. The van der Waals surface area contributed by atoms with Crippen LogP contribution in [0.5, 0.6) is 0 Å². The molecule has 1 rings (SSSR count). The third-order valence-corrected chi connectivity index (χ3v) is 3.25. The van der Waals surface area contributed by atoms with E-state index in [0.717, 1.165) is 0 Å². The van der Waals surface area contributed by atoms with Gasteiger partial charge < -0.3 is 5.73 Å². The van der Waals surface area contributed by atoms with E-state index in [1.165, 1.54) is 4.90 Å². The van der Waals surface area contributed by atoms with E-state index in [9.17, 15) is 13.2 Å². The Kier molecular flexibility index (Phi) is 5.95. The van der Waals surface area contributed by atoms with Crippen molar-refractivity contribution in [3.63, 3.8) is 0 Å². The maximum Gasteiger partial charge on any atom is 0.401 e. The molecule has 1 heterocycles. The van der Waals surface area contributed by atoms with Crippen LogP contribution in [0.1, 0.15) is 38.9 Å². The van der Waals surface area contributed by atoms with Crippen LogP contribution >= 0.6 is 0 Å². The van der Waals surface area contributed by atoms with Crippen LogP contribution in [0.3, 0.4) is 0 Å². The number of hydrogen-bond acceptors (Lipinski definition) is 3. The van der Waals surface area contributed by atoms with Crippen molar-refractivity contribution in [3.05, 3.63) is 30.1 Å². The summed E-state index contributed by atoms with van der Waals surface area (Å²) in [5.74, 6) is 0. The summed E-state index contributed by atoms with van der Waals surface area (Å²) in [7, 11) is 0. The van der Waals surface area contributed by atoms with E-state index in [0.29, 0.717) is 12.1 Å². The van der Waals surface area contributed by atoms with Crippen molar-refractivity contribution in [1.82, 2.24) is 9.88 Å². The minimum atomic E-state index is -4.26. The first kappa shape index (κ1) is 16.9. The Morgan fingerprint density at radius 1 is 1.30 bits per heavy atom. The molecule has 0 spiro atoms. The number of nitrogens with zero attached hydrogens (tertiary/aromatic N) is 2. The van der Waals surface area contributed by atoms with Crippen molar-refractivity contribution in [2.45, 2.75) is 51.5 Å². The smallest absolute Gasteiger partial charge is 0.326 e. The number of hydrogen-bond donors (Lipinski definition) is 1. The highest BCUT2D eigenvalue weighted by atomic mass is 19.4.